The summed E-state index contributed by atoms with van der Waals surface area (Å²) in [5, 5.41) is 0. The third kappa shape index (κ3) is 5.85. The van der Waals surface area contributed by atoms with Gasteiger partial charge in [0.15, 0.2) is 11.6 Å². The zero-order valence-corrected chi connectivity index (χ0v) is 15.0. The number of allylic oxidation sites excluding steroid dienone is 1. The fraction of sp³-hybridized carbons (Fsp3) is 0.750. The summed E-state index contributed by atoms with van der Waals surface area (Å²) >= 11 is 0. The largest absolute Gasteiger partial charge is 0.356 e. The summed E-state index contributed by atoms with van der Waals surface area (Å²) in [7, 11) is -1.09. The summed E-state index contributed by atoms with van der Waals surface area (Å²) in [5.74, 6) is 0.00218. The third-order valence-corrected chi connectivity index (χ3v) is 5.39. The lowest BCUT2D eigenvalue weighted by Crippen LogP contribution is -2.23. The van der Waals surface area contributed by atoms with Crippen LogP contribution in [0.4, 0.5) is 0 Å². The molecule has 0 amide bonds. The number of rotatable bonds is 9. The molecule has 0 aromatic carbocycles. The van der Waals surface area contributed by atoms with Gasteiger partial charge in [-0.05, 0) is 25.8 Å². The van der Waals surface area contributed by atoms with Gasteiger partial charge >= 0.3 is 0 Å². The predicted molar refractivity (Wildman–Crippen MR) is 86.1 cm³/mol. The van der Waals surface area contributed by atoms with E-state index < -0.39 is 8.07 Å². The van der Waals surface area contributed by atoms with Crippen molar-refractivity contribution in [2.24, 2.45) is 0 Å². The molecule has 1 atom stereocenters. The number of carbonyl (C=O) groups is 2. The molecule has 0 N–H and O–H groups in total. The van der Waals surface area contributed by atoms with Gasteiger partial charge < -0.3 is 9.47 Å². The maximum absolute atomic E-state index is 11.9. The summed E-state index contributed by atoms with van der Waals surface area (Å²) in [4.78, 5) is 23.7. The Morgan fingerprint density at radius 2 is 1.95 bits per heavy atom. The van der Waals surface area contributed by atoms with E-state index in [9.17, 15) is 9.59 Å². The van der Waals surface area contributed by atoms with Crippen LogP contribution in [0.1, 0.15) is 33.1 Å². The Kier molecular flexibility index (Phi) is 6.97. The molecular formula is C16H28O4Si. The van der Waals surface area contributed by atoms with E-state index in [-0.39, 0.29) is 24.5 Å². The topological polar surface area (TPSA) is 52.6 Å². The van der Waals surface area contributed by atoms with Gasteiger partial charge in [0.2, 0.25) is 0 Å². The van der Waals surface area contributed by atoms with E-state index in [1.54, 1.807) is 0 Å². The van der Waals surface area contributed by atoms with Crippen molar-refractivity contribution < 1.29 is 19.1 Å². The van der Waals surface area contributed by atoms with Crippen molar-refractivity contribution in [2.45, 2.75) is 64.9 Å². The van der Waals surface area contributed by atoms with Crippen LogP contribution in [0.3, 0.4) is 0 Å². The second kappa shape index (κ2) is 8.01. The van der Waals surface area contributed by atoms with E-state index in [2.05, 4.69) is 19.6 Å². The molecule has 0 spiro atoms. The van der Waals surface area contributed by atoms with Crippen LogP contribution >= 0.6 is 0 Å². The van der Waals surface area contributed by atoms with Crippen LogP contribution in [0.2, 0.25) is 25.7 Å². The molecule has 0 saturated carbocycles. The SMILES string of the molecule is CCC(=O)C1=C(C(C)=O)C(OCOCC[Si](C)(C)C)CC1. The summed E-state index contributed by atoms with van der Waals surface area (Å²) in [5.41, 5.74) is 1.23. The van der Waals surface area contributed by atoms with E-state index in [4.69, 9.17) is 9.47 Å². The Balaban J connectivity index is 2.50. The molecule has 1 aliphatic rings. The Hall–Kier alpha value is -0.783. The number of hydrogen-bond acceptors (Lipinski definition) is 4. The molecule has 0 radical (unpaired) electrons. The maximum Gasteiger partial charge on any atom is 0.159 e. The van der Waals surface area contributed by atoms with E-state index in [0.717, 1.165) is 6.04 Å². The van der Waals surface area contributed by atoms with E-state index in [1.165, 1.54) is 6.92 Å². The van der Waals surface area contributed by atoms with Gasteiger partial charge in [-0.2, -0.15) is 0 Å². The van der Waals surface area contributed by atoms with Crippen molar-refractivity contribution in [2.75, 3.05) is 13.4 Å². The average molecular weight is 312 g/mol. The zero-order chi connectivity index (χ0) is 16.0. The van der Waals surface area contributed by atoms with Crippen LogP contribution in [-0.2, 0) is 19.1 Å². The molecule has 0 aliphatic heterocycles. The number of carbonyl (C=O) groups excluding carboxylic acids is 2. The summed E-state index contributed by atoms with van der Waals surface area (Å²) < 4.78 is 11.2. The van der Waals surface area contributed by atoms with Gasteiger partial charge in [0.1, 0.15) is 6.79 Å². The molecule has 1 aliphatic carbocycles. The van der Waals surface area contributed by atoms with Crippen LogP contribution in [0.15, 0.2) is 11.1 Å². The molecule has 0 heterocycles. The van der Waals surface area contributed by atoms with E-state index in [1.807, 2.05) is 6.92 Å². The van der Waals surface area contributed by atoms with Gasteiger partial charge in [-0.15, -0.1) is 0 Å². The van der Waals surface area contributed by atoms with Crippen LogP contribution < -0.4 is 0 Å². The first-order valence-corrected chi connectivity index (χ1v) is 11.4. The van der Waals surface area contributed by atoms with Crippen molar-refractivity contribution >= 4 is 19.6 Å². The third-order valence-electron chi connectivity index (χ3n) is 3.69. The van der Waals surface area contributed by atoms with Gasteiger partial charge in [0.05, 0.1) is 6.10 Å². The van der Waals surface area contributed by atoms with Crippen molar-refractivity contribution in [3.8, 4) is 0 Å². The van der Waals surface area contributed by atoms with Crippen LogP contribution in [0, 0.1) is 0 Å². The van der Waals surface area contributed by atoms with Gasteiger partial charge in [-0.3, -0.25) is 9.59 Å². The molecule has 5 heteroatoms. The van der Waals surface area contributed by atoms with Crippen molar-refractivity contribution in [3.63, 3.8) is 0 Å². The van der Waals surface area contributed by atoms with E-state index in [0.29, 0.717) is 37.0 Å². The van der Waals surface area contributed by atoms with Crippen LogP contribution in [0.25, 0.3) is 0 Å². The van der Waals surface area contributed by atoms with Gasteiger partial charge in [-0.1, -0.05) is 26.6 Å². The molecule has 0 aromatic heterocycles. The molecule has 120 valence electrons. The van der Waals surface area contributed by atoms with Gasteiger partial charge in [0.25, 0.3) is 0 Å². The highest BCUT2D eigenvalue weighted by molar-refractivity contribution is 6.76. The molecule has 0 saturated heterocycles. The molecule has 21 heavy (non-hydrogen) atoms. The molecular weight excluding hydrogens is 284 g/mol. The summed E-state index contributed by atoms with van der Waals surface area (Å²) in [6, 6.07) is 1.09. The Labute approximate surface area is 128 Å². The fourth-order valence-electron chi connectivity index (χ4n) is 2.43. The molecule has 4 nitrogen and oxygen atoms in total. The molecule has 0 bridgehead atoms. The second-order valence-electron chi connectivity index (χ2n) is 6.76. The predicted octanol–water partition coefficient (Wildman–Crippen LogP) is 3.34. The van der Waals surface area contributed by atoms with Gasteiger partial charge in [-0.25, -0.2) is 0 Å². The molecule has 1 rings (SSSR count). The average Bonchev–Trinajstić information content (AvgIpc) is 2.80. The first kappa shape index (κ1) is 18.3. The monoisotopic (exact) mass is 312 g/mol. The lowest BCUT2D eigenvalue weighted by Gasteiger charge is -2.17. The normalized spacial score (nSPS) is 19.2. The fourth-order valence-corrected chi connectivity index (χ4v) is 3.18. The molecule has 0 aromatic rings. The van der Waals surface area contributed by atoms with Gasteiger partial charge in [0, 0.05) is 32.2 Å². The highest BCUT2D eigenvalue weighted by Gasteiger charge is 2.31. The summed E-state index contributed by atoms with van der Waals surface area (Å²) in [6.07, 6.45) is 1.50. The molecule has 1 unspecified atom stereocenters. The molecule has 0 fully saturated rings. The Bertz CT molecular complexity index is 420. The number of ether oxygens (including phenoxy) is 2. The van der Waals surface area contributed by atoms with Crippen molar-refractivity contribution in [1.82, 2.24) is 0 Å². The number of ketones is 2. The minimum atomic E-state index is -1.09. The van der Waals surface area contributed by atoms with Crippen molar-refractivity contribution in [1.29, 1.82) is 0 Å². The standard InChI is InChI=1S/C16H28O4Si/c1-6-14(18)13-7-8-15(16(13)12(2)17)20-11-19-9-10-21(3,4)5/h15H,6-11H2,1-5H3. The zero-order valence-electron chi connectivity index (χ0n) is 14.0. The quantitative estimate of drug-likeness (QED) is 0.372. The number of hydrogen-bond donors (Lipinski definition) is 0. The van der Waals surface area contributed by atoms with Crippen LogP contribution in [0.5, 0.6) is 0 Å². The first-order chi connectivity index (χ1) is 9.76. The van der Waals surface area contributed by atoms with E-state index >= 15 is 0 Å². The first-order valence-electron chi connectivity index (χ1n) is 7.72. The maximum atomic E-state index is 11.9. The van der Waals surface area contributed by atoms with Crippen molar-refractivity contribution in [3.05, 3.63) is 11.1 Å². The second-order valence-corrected chi connectivity index (χ2v) is 12.4. The Morgan fingerprint density at radius 1 is 1.29 bits per heavy atom. The Morgan fingerprint density at radius 3 is 2.48 bits per heavy atom. The highest BCUT2D eigenvalue weighted by atomic mass is 28.3. The number of Topliss-reactive ketones (excluding diaryl/α,β-unsaturated/α-hetero) is 2. The van der Waals surface area contributed by atoms with Crippen LogP contribution in [-0.4, -0.2) is 39.1 Å². The minimum Gasteiger partial charge on any atom is -0.356 e. The minimum absolute atomic E-state index is 0.0589. The summed E-state index contributed by atoms with van der Waals surface area (Å²) in [6.45, 7) is 11.1. The lowest BCUT2D eigenvalue weighted by molar-refractivity contribution is -0.119. The highest BCUT2D eigenvalue weighted by Crippen LogP contribution is 2.30. The lowest BCUT2D eigenvalue weighted by atomic mass is 10.0. The smallest absolute Gasteiger partial charge is 0.159 e.